The van der Waals surface area contributed by atoms with Gasteiger partial charge in [0.25, 0.3) is 0 Å². The number of amides is 3. The summed E-state index contributed by atoms with van der Waals surface area (Å²) < 4.78 is 0. The summed E-state index contributed by atoms with van der Waals surface area (Å²) >= 11 is 3.68. The Kier molecular flexibility index (Phi) is 6.73. The maximum atomic E-state index is 12.8. The number of halogens is 1. The lowest BCUT2D eigenvalue weighted by molar-refractivity contribution is -0.134. The standard InChI is InChI=1S/C19H28BrN5O2/c1-12(2)16-15(20)17(24-23-16)18(26)25-10-8-14(9-11-25)22-19(27)21-13-6-4-3-5-7-13/h3-7,12,14-17,23-24H,8-11H2,1-2H3,(H2,21,22,27). The zero-order valence-electron chi connectivity index (χ0n) is 15.7. The van der Waals surface area contributed by atoms with Crippen molar-refractivity contribution in [3.63, 3.8) is 0 Å². The molecule has 0 aliphatic carbocycles. The van der Waals surface area contributed by atoms with E-state index in [0.29, 0.717) is 19.0 Å². The molecule has 3 amide bonds. The van der Waals surface area contributed by atoms with Crippen molar-refractivity contribution in [1.82, 2.24) is 21.1 Å². The number of benzene rings is 1. The van der Waals surface area contributed by atoms with Crippen molar-refractivity contribution in [3.05, 3.63) is 30.3 Å². The van der Waals surface area contributed by atoms with E-state index >= 15 is 0 Å². The molecule has 2 aliphatic rings. The molecule has 1 aromatic carbocycles. The fourth-order valence-corrected chi connectivity index (χ4v) is 4.70. The number of rotatable bonds is 4. The van der Waals surface area contributed by atoms with Gasteiger partial charge in [0.1, 0.15) is 6.04 Å². The minimum absolute atomic E-state index is 0.0671. The highest BCUT2D eigenvalue weighted by Gasteiger charge is 2.42. The molecule has 0 saturated carbocycles. The minimum Gasteiger partial charge on any atom is -0.341 e. The molecule has 3 unspecified atom stereocenters. The van der Waals surface area contributed by atoms with Crippen LogP contribution in [0.1, 0.15) is 26.7 Å². The van der Waals surface area contributed by atoms with Crippen LogP contribution in [0.5, 0.6) is 0 Å². The number of carbonyl (C=O) groups is 2. The summed E-state index contributed by atoms with van der Waals surface area (Å²) in [6.45, 7) is 5.58. The van der Waals surface area contributed by atoms with E-state index in [9.17, 15) is 9.59 Å². The number of alkyl halides is 1. The van der Waals surface area contributed by atoms with Crippen LogP contribution in [0.3, 0.4) is 0 Å². The number of anilines is 1. The van der Waals surface area contributed by atoms with Crippen molar-refractivity contribution in [2.75, 3.05) is 18.4 Å². The third-order valence-electron chi connectivity index (χ3n) is 5.22. The van der Waals surface area contributed by atoms with Gasteiger partial charge in [0, 0.05) is 30.9 Å². The van der Waals surface area contributed by atoms with Crippen LogP contribution in [0.4, 0.5) is 10.5 Å². The van der Waals surface area contributed by atoms with Crippen molar-refractivity contribution in [2.45, 2.75) is 49.6 Å². The first-order valence-corrected chi connectivity index (χ1v) is 10.4. The number of para-hydroxylation sites is 1. The fraction of sp³-hybridized carbons (Fsp3) is 0.579. The molecular weight excluding hydrogens is 410 g/mol. The molecule has 8 heteroatoms. The summed E-state index contributed by atoms with van der Waals surface area (Å²) in [5, 5.41) is 5.84. The first kappa shape index (κ1) is 20.1. The number of nitrogens with zero attached hydrogens (tertiary/aromatic N) is 1. The molecule has 0 bridgehead atoms. The molecule has 4 N–H and O–H groups in total. The lowest BCUT2D eigenvalue weighted by atomic mass is 9.98. The van der Waals surface area contributed by atoms with Gasteiger partial charge >= 0.3 is 6.03 Å². The summed E-state index contributed by atoms with van der Waals surface area (Å²) in [6, 6.07) is 9.21. The number of nitrogens with one attached hydrogen (secondary N) is 4. The number of hydrogen-bond donors (Lipinski definition) is 4. The van der Waals surface area contributed by atoms with E-state index in [1.165, 1.54) is 0 Å². The topological polar surface area (TPSA) is 85.5 Å². The molecule has 3 rings (SSSR count). The molecule has 2 fully saturated rings. The van der Waals surface area contributed by atoms with Gasteiger partial charge in [-0.3, -0.25) is 10.2 Å². The Balaban J connectivity index is 1.45. The van der Waals surface area contributed by atoms with E-state index in [-0.39, 0.29) is 34.9 Å². The van der Waals surface area contributed by atoms with Crippen LogP contribution in [0, 0.1) is 5.92 Å². The van der Waals surface area contributed by atoms with Gasteiger partial charge in [0.15, 0.2) is 0 Å². The Hall–Kier alpha value is -1.64. The zero-order valence-corrected chi connectivity index (χ0v) is 17.3. The highest BCUT2D eigenvalue weighted by atomic mass is 79.9. The van der Waals surface area contributed by atoms with Crippen LogP contribution in [0.25, 0.3) is 0 Å². The first-order valence-electron chi connectivity index (χ1n) is 9.52. The van der Waals surface area contributed by atoms with E-state index in [1.54, 1.807) is 0 Å². The predicted octanol–water partition coefficient (Wildman–Crippen LogP) is 2.06. The molecule has 7 nitrogen and oxygen atoms in total. The molecule has 0 aromatic heterocycles. The Morgan fingerprint density at radius 3 is 2.41 bits per heavy atom. The average molecular weight is 438 g/mol. The Bertz CT molecular complexity index is 649. The lowest BCUT2D eigenvalue weighted by Crippen LogP contribution is -2.53. The van der Waals surface area contributed by atoms with Crippen molar-refractivity contribution < 1.29 is 9.59 Å². The molecule has 3 atom stereocenters. The molecule has 27 heavy (non-hydrogen) atoms. The Morgan fingerprint density at radius 2 is 1.81 bits per heavy atom. The van der Waals surface area contributed by atoms with E-state index in [4.69, 9.17) is 0 Å². The number of hydrazine groups is 1. The Morgan fingerprint density at radius 1 is 1.15 bits per heavy atom. The van der Waals surface area contributed by atoms with Crippen LogP contribution in [0.2, 0.25) is 0 Å². The molecule has 1 aromatic rings. The SMILES string of the molecule is CC(C)C1NNC(C(=O)N2CCC(NC(=O)Nc3ccccc3)CC2)C1Br. The number of piperidine rings is 1. The van der Waals surface area contributed by atoms with E-state index in [1.807, 2.05) is 35.2 Å². The summed E-state index contributed by atoms with van der Waals surface area (Å²) in [7, 11) is 0. The first-order chi connectivity index (χ1) is 13.0. The minimum atomic E-state index is -0.261. The molecule has 2 heterocycles. The third-order valence-corrected chi connectivity index (χ3v) is 6.32. The van der Waals surface area contributed by atoms with Gasteiger partial charge < -0.3 is 15.5 Å². The van der Waals surface area contributed by atoms with Gasteiger partial charge in [-0.1, -0.05) is 48.0 Å². The lowest BCUT2D eigenvalue weighted by Gasteiger charge is -2.34. The molecule has 2 saturated heterocycles. The Labute approximate surface area is 168 Å². The van der Waals surface area contributed by atoms with Crippen LogP contribution in [-0.4, -0.2) is 52.9 Å². The second-order valence-electron chi connectivity index (χ2n) is 7.54. The summed E-state index contributed by atoms with van der Waals surface area (Å²) in [6.07, 6.45) is 1.52. The fourth-order valence-electron chi connectivity index (χ4n) is 3.60. The van der Waals surface area contributed by atoms with E-state index in [2.05, 4.69) is 51.3 Å². The van der Waals surface area contributed by atoms with Gasteiger partial charge in [-0.2, -0.15) is 0 Å². The van der Waals surface area contributed by atoms with Gasteiger partial charge in [-0.15, -0.1) is 0 Å². The van der Waals surface area contributed by atoms with Crippen molar-refractivity contribution >= 4 is 33.6 Å². The number of carbonyl (C=O) groups excluding carboxylic acids is 2. The predicted molar refractivity (Wildman–Crippen MR) is 110 cm³/mol. The zero-order chi connectivity index (χ0) is 19.4. The molecule has 2 aliphatic heterocycles. The van der Waals surface area contributed by atoms with Crippen LogP contribution < -0.4 is 21.5 Å². The average Bonchev–Trinajstić information content (AvgIpc) is 3.04. The quantitative estimate of drug-likeness (QED) is 0.543. The molecule has 0 spiro atoms. The highest BCUT2D eigenvalue weighted by molar-refractivity contribution is 9.09. The second-order valence-corrected chi connectivity index (χ2v) is 8.60. The molecule has 148 valence electrons. The second kappa shape index (κ2) is 9.03. The van der Waals surface area contributed by atoms with E-state index < -0.39 is 0 Å². The maximum Gasteiger partial charge on any atom is 0.319 e. The number of likely N-dealkylation sites (tertiary alicyclic amines) is 1. The van der Waals surface area contributed by atoms with Crippen LogP contribution in [0.15, 0.2) is 30.3 Å². The molecular formula is C19H28BrN5O2. The van der Waals surface area contributed by atoms with Gasteiger partial charge in [-0.05, 0) is 30.9 Å². The van der Waals surface area contributed by atoms with Crippen molar-refractivity contribution in [3.8, 4) is 0 Å². The summed E-state index contributed by atoms with van der Waals surface area (Å²) in [5.41, 5.74) is 7.13. The van der Waals surface area contributed by atoms with Crippen LogP contribution in [-0.2, 0) is 4.79 Å². The summed E-state index contributed by atoms with van der Waals surface area (Å²) in [5.74, 6) is 0.539. The van der Waals surface area contributed by atoms with Crippen molar-refractivity contribution in [2.24, 2.45) is 5.92 Å². The van der Waals surface area contributed by atoms with Gasteiger partial charge in [0.05, 0.1) is 4.83 Å². The maximum absolute atomic E-state index is 12.8. The van der Waals surface area contributed by atoms with Crippen molar-refractivity contribution in [1.29, 1.82) is 0 Å². The smallest absolute Gasteiger partial charge is 0.319 e. The molecule has 0 radical (unpaired) electrons. The number of hydrogen-bond acceptors (Lipinski definition) is 4. The van der Waals surface area contributed by atoms with E-state index in [0.717, 1.165) is 18.5 Å². The monoisotopic (exact) mass is 437 g/mol. The van der Waals surface area contributed by atoms with Crippen LogP contribution >= 0.6 is 15.9 Å². The third kappa shape index (κ3) is 5.00. The van der Waals surface area contributed by atoms with Gasteiger partial charge in [0.2, 0.25) is 5.91 Å². The number of urea groups is 1. The highest BCUT2D eigenvalue weighted by Crippen LogP contribution is 2.24. The largest absolute Gasteiger partial charge is 0.341 e. The summed E-state index contributed by atoms with van der Waals surface area (Å²) in [4.78, 5) is 26.9. The normalized spacial score (nSPS) is 26.2. The van der Waals surface area contributed by atoms with Gasteiger partial charge in [-0.25, -0.2) is 10.2 Å².